The number of aromatic nitrogens is 1. The monoisotopic (exact) mass is 539 g/mol. The minimum absolute atomic E-state index is 0.153. The van der Waals surface area contributed by atoms with Crippen LogP contribution in [-0.4, -0.2) is 50.7 Å². The maximum absolute atomic E-state index is 13.1. The molecule has 1 saturated heterocycles. The molecule has 0 radical (unpaired) electrons. The number of benzene rings is 3. The molecular formula is C32H33N3O5. The summed E-state index contributed by atoms with van der Waals surface area (Å²) in [5, 5.41) is 4.47. The minimum Gasteiger partial charge on any atom is -0.497 e. The Labute approximate surface area is 233 Å². The van der Waals surface area contributed by atoms with E-state index in [1.165, 1.54) is 21.6 Å². The Morgan fingerprint density at radius 1 is 0.950 bits per heavy atom. The molecule has 3 aromatic carbocycles. The van der Waals surface area contributed by atoms with Crippen LogP contribution >= 0.6 is 0 Å². The van der Waals surface area contributed by atoms with E-state index in [2.05, 4.69) is 34.6 Å². The molecule has 2 unspecified atom stereocenters. The molecule has 206 valence electrons. The van der Waals surface area contributed by atoms with Gasteiger partial charge in [0.1, 0.15) is 5.75 Å². The number of nitrogens with one attached hydrogen (secondary N) is 2. The molecule has 40 heavy (non-hydrogen) atoms. The van der Waals surface area contributed by atoms with Gasteiger partial charge < -0.3 is 24.5 Å². The van der Waals surface area contributed by atoms with Crippen molar-refractivity contribution in [2.75, 3.05) is 32.8 Å². The second-order valence-electron chi connectivity index (χ2n) is 10.3. The van der Waals surface area contributed by atoms with Crippen LogP contribution in [0, 0.1) is 0 Å². The number of aryl methyl sites for hydroxylation is 1. The van der Waals surface area contributed by atoms with Gasteiger partial charge in [-0.25, -0.2) is 4.90 Å². The lowest BCUT2D eigenvalue weighted by molar-refractivity contribution is -0.121. The fraction of sp³-hybridized carbons (Fsp3) is 0.312. The van der Waals surface area contributed by atoms with Gasteiger partial charge >= 0.3 is 0 Å². The zero-order valence-electron chi connectivity index (χ0n) is 23.0. The fourth-order valence-corrected chi connectivity index (χ4v) is 6.19. The molecule has 8 heteroatoms. The number of H-pyrrole nitrogens is 1. The standard InChI is InChI=1S/C32H33N3O5/c1-38-21-10-12-26-25(16-21)23(13-14-33-27-18-30(36)35(32(27)37)20-7-5-4-6-8-20)31(34-26)22-11-9-19-15-28(39-2)29(40-3)17-24(19)22/h4-8,10,12,15-17,22,27,33-34H,9,11,13-14,18H2,1-3H3. The topological polar surface area (TPSA) is 92.9 Å². The molecule has 4 aromatic rings. The normalized spacial score (nSPS) is 18.4. The Hall–Kier alpha value is -4.30. The third-order valence-electron chi connectivity index (χ3n) is 8.14. The number of ether oxygens (including phenoxy) is 3. The van der Waals surface area contributed by atoms with E-state index in [4.69, 9.17) is 14.2 Å². The molecule has 2 N–H and O–H groups in total. The van der Waals surface area contributed by atoms with Crippen LogP contribution in [0.1, 0.15) is 41.1 Å². The summed E-state index contributed by atoms with van der Waals surface area (Å²) in [7, 11) is 4.99. The van der Waals surface area contributed by atoms with Gasteiger partial charge in [-0.15, -0.1) is 0 Å². The number of hydrogen-bond acceptors (Lipinski definition) is 6. The summed E-state index contributed by atoms with van der Waals surface area (Å²) >= 11 is 0. The Kier molecular flexibility index (Phi) is 6.94. The highest BCUT2D eigenvalue weighted by atomic mass is 16.5. The SMILES string of the molecule is COc1ccc2[nH]c(C3CCc4cc(OC)c(OC)cc43)c(CCNC3CC(=O)N(c4ccccc4)C3=O)c2c1. The predicted molar refractivity (Wildman–Crippen MR) is 154 cm³/mol. The van der Waals surface area contributed by atoms with E-state index in [1.54, 1.807) is 33.5 Å². The molecule has 1 aromatic heterocycles. The number of rotatable bonds is 9. The molecule has 8 nitrogen and oxygen atoms in total. The van der Waals surface area contributed by atoms with E-state index in [9.17, 15) is 9.59 Å². The molecular weight excluding hydrogens is 506 g/mol. The van der Waals surface area contributed by atoms with Crippen LogP contribution in [0.25, 0.3) is 10.9 Å². The Bertz CT molecular complexity index is 1580. The van der Waals surface area contributed by atoms with Crippen molar-refractivity contribution in [3.63, 3.8) is 0 Å². The number of para-hydroxylation sites is 1. The van der Waals surface area contributed by atoms with Crippen molar-refractivity contribution in [3.05, 3.63) is 83.0 Å². The summed E-state index contributed by atoms with van der Waals surface area (Å²) in [5.41, 5.74) is 6.50. The summed E-state index contributed by atoms with van der Waals surface area (Å²) in [6, 6.07) is 18.8. The Balaban J connectivity index is 1.28. The zero-order chi connectivity index (χ0) is 27.8. The van der Waals surface area contributed by atoms with Crippen LogP contribution in [0.3, 0.4) is 0 Å². The summed E-state index contributed by atoms with van der Waals surface area (Å²) in [4.78, 5) is 30.8. The van der Waals surface area contributed by atoms with Crippen molar-refractivity contribution >= 4 is 28.4 Å². The average molecular weight is 540 g/mol. The van der Waals surface area contributed by atoms with Crippen molar-refractivity contribution in [3.8, 4) is 17.2 Å². The number of hydrogen-bond donors (Lipinski definition) is 2. The maximum atomic E-state index is 13.1. The number of nitrogens with zero attached hydrogens (tertiary/aromatic N) is 1. The summed E-state index contributed by atoms with van der Waals surface area (Å²) < 4.78 is 16.7. The quantitative estimate of drug-likeness (QED) is 0.299. The molecule has 2 heterocycles. The van der Waals surface area contributed by atoms with Gasteiger partial charge in [0.2, 0.25) is 5.91 Å². The summed E-state index contributed by atoms with van der Waals surface area (Å²) in [6.45, 7) is 0.551. The first-order valence-electron chi connectivity index (χ1n) is 13.6. The van der Waals surface area contributed by atoms with Crippen LogP contribution in [0.15, 0.2) is 60.7 Å². The van der Waals surface area contributed by atoms with Crippen LogP contribution in [0.5, 0.6) is 17.2 Å². The summed E-state index contributed by atoms with van der Waals surface area (Å²) in [6.07, 6.45) is 2.76. The van der Waals surface area contributed by atoms with E-state index in [-0.39, 0.29) is 24.2 Å². The van der Waals surface area contributed by atoms with Gasteiger partial charge in [0.25, 0.3) is 5.91 Å². The number of aromatic amines is 1. The van der Waals surface area contributed by atoms with Crippen LogP contribution in [0.4, 0.5) is 5.69 Å². The molecule has 6 rings (SSSR count). The second kappa shape index (κ2) is 10.7. The van der Waals surface area contributed by atoms with Crippen molar-refractivity contribution in [1.29, 1.82) is 0 Å². The van der Waals surface area contributed by atoms with Gasteiger partial charge in [0.05, 0.1) is 39.5 Å². The van der Waals surface area contributed by atoms with Crippen LogP contribution in [-0.2, 0) is 22.4 Å². The van der Waals surface area contributed by atoms with Crippen LogP contribution < -0.4 is 24.4 Å². The molecule has 1 fully saturated rings. The van der Waals surface area contributed by atoms with Crippen molar-refractivity contribution < 1.29 is 23.8 Å². The first-order chi connectivity index (χ1) is 19.5. The molecule has 2 atom stereocenters. The van der Waals surface area contributed by atoms with E-state index < -0.39 is 6.04 Å². The summed E-state index contributed by atoms with van der Waals surface area (Å²) in [5.74, 6) is 2.04. The smallest absolute Gasteiger partial charge is 0.251 e. The number of anilines is 1. The van der Waals surface area contributed by atoms with Crippen LogP contribution in [0.2, 0.25) is 0 Å². The van der Waals surface area contributed by atoms with Crippen molar-refractivity contribution in [2.24, 2.45) is 0 Å². The second-order valence-corrected chi connectivity index (χ2v) is 10.3. The largest absolute Gasteiger partial charge is 0.497 e. The zero-order valence-corrected chi connectivity index (χ0v) is 23.0. The molecule has 1 aliphatic carbocycles. The number of carbonyl (C=O) groups is 2. The van der Waals surface area contributed by atoms with Gasteiger partial charge in [-0.05, 0) is 78.4 Å². The highest BCUT2D eigenvalue weighted by Gasteiger charge is 2.39. The van der Waals surface area contributed by atoms with Gasteiger partial charge in [-0.3, -0.25) is 9.59 Å². The maximum Gasteiger partial charge on any atom is 0.251 e. The highest BCUT2D eigenvalue weighted by Crippen LogP contribution is 2.45. The van der Waals surface area contributed by atoms with E-state index in [0.717, 1.165) is 46.7 Å². The number of fused-ring (bicyclic) bond motifs is 2. The van der Waals surface area contributed by atoms with Crippen molar-refractivity contribution in [1.82, 2.24) is 10.3 Å². The third-order valence-corrected chi connectivity index (χ3v) is 8.14. The molecule has 0 saturated carbocycles. The van der Waals surface area contributed by atoms with Gasteiger partial charge in [-0.2, -0.15) is 0 Å². The van der Waals surface area contributed by atoms with Gasteiger partial charge in [-0.1, -0.05) is 18.2 Å². The lowest BCUT2D eigenvalue weighted by atomic mass is 9.92. The van der Waals surface area contributed by atoms with E-state index in [0.29, 0.717) is 18.7 Å². The number of imide groups is 1. The molecule has 1 aliphatic heterocycles. The van der Waals surface area contributed by atoms with E-state index in [1.807, 2.05) is 24.3 Å². The van der Waals surface area contributed by atoms with E-state index >= 15 is 0 Å². The molecule has 0 bridgehead atoms. The minimum atomic E-state index is -0.542. The third kappa shape index (κ3) is 4.48. The Morgan fingerprint density at radius 2 is 1.73 bits per heavy atom. The highest BCUT2D eigenvalue weighted by molar-refractivity contribution is 6.22. The number of methoxy groups -OCH3 is 3. The van der Waals surface area contributed by atoms with Crippen molar-refractivity contribution in [2.45, 2.75) is 37.6 Å². The average Bonchev–Trinajstić information content (AvgIpc) is 3.64. The Morgan fingerprint density at radius 3 is 2.48 bits per heavy atom. The predicted octanol–water partition coefficient (Wildman–Crippen LogP) is 4.74. The first-order valence-corrected chi connectivity index (χ1v) is 13.6. The number of carbonyl (C=O) groups excluding carboxylic acids is 2. The number of amides is 2. The lowest BCUT2D eigenvalue weighted by Crippen LogP contribution is -2.39. The fourth-order valence-electron chi connectivity index (χ4n) is 6.19. The van der Waals surface area contributed by atoms with Gasteiger partial charge in [0.15, 0.2) is 11.5 Å². The first kappa shape index (κ1) is 26.0. The van der Waals surface area contributed by atoms with Gasteiger partial charge in [0, 0.05) is 29.1 Å². The molecule has 0 spiro atoms. The lowest BCUT2D eigenvalue weighted by Gasteiger charge is -2.17. The molecule has 2 aliphatic rings. The molecule has 2 amide bonds.